The van der Waals surface area contributed by atoms with Gasteiger partial charge in [-0.2, -0.15) is 0 Å². The van der Waals surface area contributed by atoms with Crippen LogP contribution in [-0.4, -0.2) is 18.2 Å². The lowest BCUT2D eigenvalue weighted by Gasteiger charge is -2.27. The van der Waals surface area contributed by atoms with E-state index in [9.17, 15) is 4.79 Å². The molecule has 0 unspecified atom stereocenters. The minimum Gasteiger partial charge on any atom is -0.447 e. The maximum Gasteiger partial charge on any atom is 0.411 e. The first kappa shape index (κ1) is 15.1. The van der Waals surface area contributed by atoms with E-state index in [2.05, 4.69) is 5.32 Å². The summed E-state index contributed by atoms with van der Waals surface area (Å²) in [4.78, 5) is 11.8. The molecular weight excluding hydrogens is 276 g/mol. The van der Waals surface area contributed by atoms with E-state index < -0.39 is 6.09 Å². The van der Waals surface area contributed by atoms with Crippen LogP contribution in [0.25, 0.3) is 0 Å². The Labute approximate surface area is 124 Å². The summed E-state index contributed by atoms with van der Waals surface area (Å²) in [6.45, 7) is 0.253. The summed E-state index contributed by atoms with van der Waals surface area (Å²) in [5.74, 6) is 0. The summed E-state index contributed by atoms with van der Waals surface area (Å²) < 4.78 is 5.27. The van der Waals surface area contributed by atoms with Gasteiger partial charge in [-0.05, 0) is 25.0 Å². The van der Waals surface area contributed by atoms with Gasteiger partial charge >= 0.3 is 6.09 Å². The molecule has 1 aromatic carbocycles. The van der Waals surface area contributed by atoms with Crippen LogP contribution in [0.1, 0.15) is 38.5 Å². The second-order valence-corrected chi connectivity index (χ2v) is 5.86. The molecule has 0 aliphatic heterocycles. The van der Waals surface area contributed by atoms with Crippen LogP contribution in [0.3, 0.4) is 0 Å². The van der Waals surface area contributed by atoms with Gasteiger partial charge in [0.2, 0.25) is 0 Å². The Bertz CT molecular complexity index is 457. The molecule has 1 amide bonds. The first-order chi connectivity index (χ1) is 9.59. The average molecular weight is 297 g/mol. The lowest BCUT2D eigenvalue weighted by Crippen LogP contribution is -2.45. The molecule has 110 valence electrons. The van der Waals surface area contributed by atoms with E-state index in [-0.39, 0.29) is 12.1 Å². The number of benzene rings is 1. The van der Waals surface area contributed by atoms with E-state index in [1.54, 1.807) is 24.3 Å². The van der Waals surface area contributed by atoms with Crippen molar-refractivity contribution in [2.24, 2.45) is 5.73 Å². The molecule has 20 heavy (non-hydrogen) atoms. The number of ether oxygens (including phenoxy) is 1. The number of halogens is 1. The van der Waals surface area contributed by atoms with E-state index in [4.69, 9.17) is 22.1 Å². The van der Waals surface area contributed by atoms with Crippen LogP contribution in [0.15, 0.2) is 24.3 Å². The summed E-state index contributed by atoms with van der Waals surface area (Å²) in [7, 11) is 0. The van der Waals surface area contributed by atoms with Crippen molar-refractivity contribution in [1.82, 2.24) is 0 Å². The predicted molar refractivity (Wildman–Crippen MR) is 81.0 cm³/mol. The molecule has 1 aliphatic carbocycles. The fourth-order valence-electron chi connectivity index (χ4n) is 2.49. The molecule has 0 saturated heterocycles. The lowest BCUT2D eigenvalue weighted by molar-refractivity contribution is 0.122. The van der Waals surface area contributed by atoms with Gasteiger partial charge in [0.15, 0.2) is 0 Å². The lowest BCUT2D eigenvalue weighted by atomic mass is 9.93. The maximum absolute atomic E-state index is 11.8. The molecule has 0 bridgehead atoms. The van der Waals surface area contributed by atoms with Crippen LogP contribution in [0.2, 0.25) is 5.02 Å². The largest absolute Gasteiger partial charge is 0.447 e. The van der Waals surface area contributed by atoms with E-state index in [1.807, 2.05) is 0 Å². The number of carbonyl (C=O) groups excluding carboxylic acids is 1. The van der Waals surface area contributed by atoms with Gasteiger partial charge in [-0.15, -0.1) is 0 Å². The Balaban J connectivity index is 1.84. The molecule has 0 radical (unpaired) electrons. The van der Waals surface area contributed by atoms with Crippen molar-refractivity contribution in [3.8, 4) is 0 Å². The molecule has 0 atom stereocenters. The van der Waals surface area contributed by atoms with E-state index in [0.717, 1.165) is 25.7 Å². The SMILES string of the molecule is NC1(COC(=O)Nc2ccccc2Cl)CCCCCC1. The Kier molecular flexibility index (Phi) is 5.26. The van der Waals surface area contributed by atoms with Crippen LogP contribution < -0.4 is 11.1 Å². The number of nitrogens with one attached hydrogen (secondary N) is 1. The van der Waals surface area contributed by atoms with Crippen molar-refractivity contribution < 1.29 is 9.53 Å². The molecule has 2 rings (SSSR count). The third-order valence-electron chi connectivity index (χ3n) is 3.70. The standard InChI is InChI=1S/C15H21ClN2O2/c16-12-7-3-4-8-13(12)18-14(19)20-11-15(17)9-5-1-2-6-10-15/h3-4,7-8H,1-2,5-6,9-11,17H2,(H,18,19). The molecule has 0 aromatic heterocycles. The zero-order valence-corrected chi connectivity index (χ0v) is 12.3. The first-order valence-electron chi connectivity index (χ1n) is 7.06. The van der Waals surface area contributed by atoms with Crippen molar-refractivity contribution in [1.29, 1.82) is 0 Å². The first-order valence-corrected chi connectivity index (χ1v) is 7.44. The number of hydrogen-bond donors (Lipinski definition) is 2. The highest BCUT2D eigenvalue weighted by atomic mass is 35.5. The number of para-hydroxylation sites is 1. The molecule has 1 aliphatic rings. The molecule has 5 heteroatoms. The van der Waals surface area contributed by atoms with Gasteiger partial charge in [-0.3, -0.25) is 5.32 Å². The van der Waals surface area contributed by atoms with Gasteiger partial charge < -0.3 is 10.5 Å². The van der Waals surface area contributed by atoms with E-state index in [0.29, 0.717) is 10.7 Å². The van der Waals surface area contributed by atoms with Crippen LogP contribution in [0, 0.1) is 0 Å². The van der Waals surface area contributed by atoms with Gasteiger partial charge in [-0.25, -0.2) is 4.79 Å². The van der Waals surface area contributed by atoms with Crippen molar-refractivity contribution in [2.45, 2.75) is 44.1 Å². The molecule has 1 saturated carbocycles. The highest BCUT2D eigenvalue weighted by molar-refractivity contribution is 6.33. The minimum atomic E-state index is -0.507. The zero-order chi connectivity index (χ0) is 14.4. The van der Waals surface area contributed by atoms with Crippen LogP contribution in [0.5, 0.6) is 0 Å². The second kappa shape index (κ2) is 6.95. The highest BCUT2D eigenvalue weighted by Gasteiger charge is 2.27. The van der Waals surface area contributed by atoms with Crippen molar-refractivity contribution in [2.75, 3.05) is 11.9 Å². The molecule has 0 heterocycles. The summed E-state index contributed by atoms with van der Waals surface area (Å²) in [5, 5.41) is 3.12. The normalized spacial score (nSPS) is 18.1. The molecular formula is C15H21ClN2O2. The van der Waals surface area contributed by atoms with Gasteiger partial charge in [0, 0.05) is 0 Å². The minimum absolute atomic E-state index is 0.253. The van der Waals surface area contributed by atoms with Crippen molar-refractivity contribution in [3.05, 3.63) is 29.3 Å². The number of rotatable bonds is 3. The Hall–Kier alpha value is -1.26. The van der Waals surface area contributed by atoms with Gasteiger partial charge in [0.05, 0.1) is 16.2 Å². The number of anilines is 1. The number of carbonyl (C=O) groups is 1. The summed E-state index contributed by atoms with van der Waals surface area (Å²) in [6, 6.07) is 7.05. The smallest absolute Gasteiger partial charge is 0.411 e. The monoisotopic (exact) mass is 296 g/mol. The van der Waals surface area contributed by atoms with E-state index >= 15 is 0 Å². The molecule has 1 fully saturated rings. The highest BCUT2D eigenvalue weighted by Crippen LogP contribution is 2.25. The molecule has 3 N–H and O–H groups in total. The maximum atomic E-state index is 11.8. The second-order valence-electron chi connectivity index (χ2n) is 5.46. The van der Waals surface area contributed by atoms with E-state index in [1.165, 1.54) is 12.8 Å². The molecule has 4 nitrogen and oxygen atoms in total. The predicted octanol–water partition coefficient (Wildman–Crippen LogP) is 3.94. The summed E-state index contributed by atoms with van der Waals surface area (Å²) in [5.41, 5.74) is 6.47. The fourth-order valence-corrected chi connectivity index (χ4v) is 2.68. The average Bonchev–Trinajstić information content (AvgIpc) is 2.65. The summed E-state index contributed by atoms with van der Waals surface area (Å²) >= 11 is 5.97. The topological polar surface area (TPSA) is 64.3 Å². The third-order valence-corrected chi connectivity index (χ3v) is 4.03. The molecule has 0 spiro atoms. The van der Waals surface area contributed by atoms with Crippen LogP contribution >= 0.6 is 11.6 Å². The van der Waals surface area contributed by atoms with Crippen LogP contribution in [0.4, 0.5) is 10.5 Å². The number of hydrogen-bond acceptors (Lipinski definition) is 3. The quantitative estimate of drug-likeness (QED) is 0.830. The Morgan fingerprint density at radius 1 is 1.25 bits per heavy atom. The van der Waals surface area contributed by atoms with Gasteiger partial charge in [-0.1, -0.05) is 49.4 Å². The van der Waals surface area contributed by atoms with Crippen molar-refractivity contribution >= 4 is 23.4 Å². The van der Waals surface area contributed by atoms with Crippen LogP contribution in [-0.2, 0) is 4.74 Å². The summed E-state index contributed by atoms with van der Waals surface area (Å²) in [6.07, 6.45) is 5.94. The van der Waals surface area contributed by atoms with Gasteiger partial charge in [0.1, 0.15) is 6.61 Å². The Morgan fingerprint density at radius 3 is 2.55 bits per heavy atom. The van der Waals surface area contributed by atoms with Crippen molar-refractivity contribution in [3.63, 3.8) is 0 Å². The Morgan fingerprint density at radius 2 is 1.90 bits per heavy atom. The fraction of sp³-hybridized carbons (Fsp3) is 0.533. The third kappa shape index (κ3) is 4.39. The zero-order valence-electron chi connectivity index (χ0n) is 11.5. The van der Waals surface area contributed by atoms with Gasteiger partial charge in [0.25, 0.3) is 0 Å². The number of nitrogens with two attached hydrogens (primary N) is 1. The molecule has 1 aromatic rings. The number of amides is 1.